The van der Waals surface area contributed by atoms with Crippen molar-refractivity contribution in [1.82, 2.24) is 4.98 Å². The van der Waals surface area contributed by atoms with Crippen LogP contribution in [-0.4, -0.2) is 10.8 Å². The molecule has 0 aliphatic carbocycles. The highest BCUT2D eigenvalue weighted by Crippen LogP contribution is 2.11. The molecule has 0 saturated heterocycles. The summed E-state index contributed by atoms with van der Waals surface area (Å²) in [5.74, 6) is 0.357. The van der Waals surface area contributed by atoms with Gasteiger partial charge in [0.05, 0.1) is 5.01 Å². The number of nitrogens with zero attached hydrogens (tertiary/aromatic N) is 1. The zero-order valence-corrected chi connectivity index (χ0v) is 8.99. The molecule has 0 radical (unpaired) electrons. The second kappa shape index (κ2) is 5.12. The molecule has 1 aromatic heterocycles. The van der Waals surface area contributed by atoms with Crippen molar-refractivity contribution in [3.63, 3.8) is 0 Å². The van der Waals surface area contributed by atoms with Crippen LogP contribution in [-0.2, 0) is 11.2 Å². The van der Waals surface area contributed by atoms with Gasteiger partial charge in [-0.2, -0.15) is 0 Å². The number of hydrogen-bond donors (Lipinski definition) is 0. The van der Waals surface area contributed by atoms with Gasteiger partial charge in [-0.15, -0.1) is 11.3 Å². The van der Waals surface area contributed by atoms with Gasteiger partial charge < -0.3 is 0 Å². The Bertz CT molecular complexity index is 280. The molecule has 0 atom stereocenters. The van der Waals surface area contributed by atoms with Gasteiger partial charge in [0.1, 0.15) is 5.78 Å². The van der Waals surface area contributed by atoms with E-state index in [1.165, 1.54) is 0 Å². The van der Waals surface area contributed by atoms with E-state index in [0.29, 0.717) is 18.6 Å². The van der Waals surface area contributed by atoms with Crippen LogP contribution in [0, 0.1) is 6.92 Å². The Morgan fingerprint density at radius 2 is 2.31 bits per heavy atom. The standard InChI is InChI=1S/C10H15NOS/c1-3-4-9(12)5-6-10-11-8(2)7-13-10/h7H,3-6H2,1-2H3. The smallest absolute Gasteiger partial charge is 0.133 e. The molecule has 0 aliphatic heterocycles. The van der Waals surface area contributed by atoms with Crippen molar-refractivity contribution in [3.05, 3.63) is 16.1 Å². The molecule has 0 bridgehead atoms. The maximum atomic E-state index is 11.2. The lowest BCUT2D eigenvalue weighted by molar-refractivity contribution is -0.119. The predicted octanol–water partition coefficient (Wildman–Crippen LogP) is 2.75. The van der Waals surface area contributed by atoms with Crippen molar-refractivity contribution in [2.24, 2.45) is 0 Å². The van der Waals surface area contributed by atoms with Crippen LogP contribution in [0.1, 0.15) is 36.9 Å². The summed E-state index contributed by atoms with van der Waals surface area (Å²) in [4.78, 5) is 15.5. The van der Waals surface area contributed by atoms with E-state index in [-0.39, 0.29) is 0 Å². The van der Waals surface area contributed by atoms with E-state index in [4.69, 9.17) is 0 Å². The van der Waals surface area contributed by atoms with Crippen molar-refractivity contribution in [2.45, 2.75) is 39.5 Å². The number of aryl methyl sites for hydroxylation is 2. The average molecular weight is 197 g/mol. The second-order valence-electron chi connectivity index (χ2n) is 3.17. The van der Waals surface area contributed by atoms with Crippen molar-refractivity contribution in [3.8, 4) is 0 Å². The van der Waals surface area contributed by atoms with Gasteiger partial charge in [-0.25, -0.2) is 4.98 Å². The lowest BCUT2D eigenvalue weighted by Crippen LogP contribution is -1.98. The molecule has 0 amide bonds. The first kappa shape index (κ1) is 10.4. The van der Waals surface area contributed by atoms with Crippen LogP contribution in [0.25, 0.3) is 0 Å². The fourth-order valence-electron chi connectivity index (χ4n) is 1.17. The van der Waals surface area contributed by atoms with Crippen molar-refractivity contribution in [1.29, 1.82) is 0 Å². The van der Waals surface area contributed by atoms with Gasteiger partial charge in [-0.05, 0) is 13.3 Å². The van der Waals surface area contributed by atoms with E-state index in [9.17, 15) is 4.79 Å². The summed E-state index contributed by atoms with van der Waals surface area (Å²) in [6.07, 6.45) is 3.14. The van der Waals surface area contributed by atoms with Gasteiger partial charge >= 0.3 is 0 Å². The van der Waals surface area contributed by atoms with Crippen LogP contribution in [0.4, 0.5) is 0 Å². The number of hydrogen-bond acceptors (Lipinski definition) is 3. The van der Waals surface area contributed by atoms with Gasteiger partial charge in [0.25, 0.3) is 0 Å². The van der Waals surface area contributed by atoms with E-state index in [1.807, 2.05) is 19.2 Å². The van der Waals surface area contributed by atoms with E-state index < -0.39 is 0 Å². The first-order valence-electron chi connectivity index (χ1n) is 4.65. The molecule has 1 heterocycles. The zero-order valence-electron chi connectivity index (χ0n) is 8.17. The Hall–Kier alpha value is -0.700. The zero-order chi connectivity index (χ0) is 9.68. The molecule has 0 spiro atoms. The molecule has 0 N–H and O–H groups in total. The Balaban J connectivity index is 2.30. The predicted molar refractivity (Wildman–Crippen MR) is 55.1 cm³/mol. The maximum absolute atomic E-state index is 11.2. The Morgan fingerprint density at radius 3 is 2.85 bits per heavy atom. The quantitative estimate of drug-likeness (QED) is 0.726. The second-order valence-corrected chi connectivity index (χ2v) is 4.11. The van der Waals surface area contributed by atoms with Gasteiger partial charge in [0.15, 0.2) is 0 Å². The molecule has 2 nitrogen and oxygen atoms in total. The van der Waals surface area contributed by atoms with E-state index in [2.05, 4.69) is 4.98 Å². The average Bonchev–Trinajstić information content (AvgIpc) is 2.49. The van der Waals surface area contributed by atoms with Crippen molar-refractivity contribution < 1.29 is 4.79 Å². The molecule has 3 heteroatoms. The summed E-state index contributed by atoms with van der Waals surface area (Å²) in [6, 6.07) is 0. The minimum atomic E-state index is 0.357. The summed E-state index contributed by atoms with van der Waals surface area (Å²) in [5.41, 5.74) is 1.06. The third-order valence-electron chi connectivity index (χ3n) is 1.81. The van der Waals surface area contributed by atoms with Gasteiger partial charge in [-0.3, -0.25) is 4.79 Å². The molecule has 1 rings (SSSR count). The van der Waals surface area contributed by atoms with Crippen molar-refractivity contribution >= 4 is 17.1 Å². The monoisotopic (exact) mass is 197 g/mol. The molecule has 0 fully saturated rings. The molecule has 13 heavy (non-hydrogen) atoms. The molecule has 1 aromatic rings. The number of ketones is 1. The Kier molecular flexibility index (Phi) is 4.09. The molecule has 0 aliphatic rings. The lowest BCUT2D eigenvalue weighted by atomic mass is 10.1. The van der Waals surface area contributed by atoms with Gasteiger partial charge in [0.2, 0.25) is 0 Å². The molecular weight excluding hydrogens is 182 g/mol. The van der Waals surface area contributed by atoms with Gasteiger partial charge in [-0.1, -0.05) is 6.92 Å². The first-order valence-corrected chi connectivity index (χ1v) is 5.53. The Labute approximate surface area is 83.0 Å². The lowest BCUT2D eigenvalue weighted by Gasteiger charge is -1.95. The molecule has 72 valence electrons. The van der Waals surface area contributed by atoms with Crippen LogP contribution < -0.4 is 0 Å². The number of aromatic nitrogens is 1. The van der Waals surface area contributed by atoms with E-state index in [1.54, 1.807) is 11.3 Å². The Morgan fingerprint density at radius 1 is 1.54 bits per heavy atom. The fourth-order valence-corrected chi connectivity index (χ4v) is 1.94. The molecule has 0 aromatic carbocycles. The molecule has 0 saturated carbocycles. The summed E-state index contributed by atoms with van der Waals surface area (Å²) in [6.45, 7) is 4.01. The number of carbonyl (C=O) groups is 1. The SMILES string of the molecule is CCCC(=O)CCc1nc(C)cs1. The maximum Gasteiger partial charge on any atom is 0.133 e. The van der Waals surface area contributed by atoms with Crippen LogP contribution in [0.15, 0.2) is 5.38 Å². The van der Waals surface area contributed by atoms with Crippen molar-refractivity contribution in [2.75, 3.05) is 0 Å². The normalized spacial score (nSPS) is 10.3. The minimum Gasteiger partial charge on any atom is -0.300 e. The third-order valence-corrected chi connectivity index (χ3v) is 2.84. The van der Waals surface area contributed by atoms with Crippen LogP contribution in [0.3, 0.4) is 0 Å². The highest BCUT2D eigenvalue weighted by atomic mass is 32.1. The molecule has 0 unspecified atom stereocenters. The largest absolute Gasteiger partial charge is 0.300 e. The highest BCUT2D eigenvalue weighted by molar-refractivity contribution is 7.09. The number of Topliss-reactive ketones (excluding diaryl/α,β-unsaturated/α-hetero) is 1. The third kappa shape index (κ3) is 3.68. The highest BCUT2D eigenvalue weighted by Gasteiger charge is 2.03. The number of thiazole rings is 1. The van der Waals surface area contributed by atoms with Gasteiger partial charge in [0, 0.05) is 30.3 Å². The summed E-state index contributed by atoms with van der Waals surface area (Å²) < 4.78 is 0. The topological polar surface area (TPSA) is 30.0 Å². The summed E-state index contributed by atoms with van der Waals surface area (Å²) >= 11 is 1.65. The van der Waals surface area contributed by atoms with Crippen LogP contribution in [0.5, 0.6) is 0 Å². The fraction of sp³-hybridized carbons (Fsp3) is 0.600. The minimum absolute atomic E-state index is 0.357. The van der Waals surface area contributed by atoms with Crippen LogP contribution >= 0.6 is 11.3 Å². The summed E-state index contributed by atoms with van der Waals surface area (Å²) in [7, 11) is 0. The number of carbonyl (C=O) groups excluding carboxylic acids is 1. The summed E-state index contributed by atoms with van der Waals surface area (Å²) in [5, 5.41) is 3.11. The van der Waals surface area contributed by atoms with E-state index >= 15 is 0 Å². The number of rotatable bonds is 5. The molecular formula is C10H15NOS. The first-order chi connectivity index (χ1) is 6.22. The van der Waals surface area contributed by atoms with Crippen LogP contribution in [0.2, 0.25) is 0 Å². The van der Waals surface area contributed by atoms with E-state index in [0.717, 1.165) is 23.5 Å².